The number of benzene rings is 1. The van der Waals surface area contributed by atoms with Crippen LogP contribution < -0.4 is 0 Å². The maximum atomic E-state index is 13.0. The van der Waals surface area contributed by atoms with Crippen LogP contribution in [0.15, 0.2) is 24.3 Å². The quantitative estimate of drug-likeness (QED) is 0.859. The predicted octanol–water partition coefficient (Wildman–Crippen LogP) is 2.14. The summed E-state index contributed by atoms with van der Waals surface area (Å²) in [5.74, 6) is -0.351. The monoisotopic (exact) mass is 284 g/mol. The van der Waals surface area contributed by atoms with Crippen LogP contribution in [0.4, 0.5) is 4.39 Å². The predicted molar refractivity (Wildman–Crippen MR) is 69.9 cm³/mol. The first-order valence-electron chi connectivity index (χ1n) is 6.63. The Bertz CT molecular complexity index is 559. The van der Waals surface area contributed by atoms with Gasteiger partial charge in [0.2, 0.25) is 0 Å². The number of hydrogen-bond donors (Lipinski definition) is 1. The SMILES string of the molecule is O=S1(=O)C2CCCC1CC(O)(c1ccc(F)cc1)C2. The van der Waals surface area contributed by atoms with Crippen LogP contribution in [0.1, 0.15) is 37.7 Å². The highest BCUT2D eigenvalue weighted by Crippen LogP contribution is 2.45. The Labute approximate surface area is 112 Å². The molecule has 1 N–H and O–H groups in total. The molecule has 2 saturated heterocycles. The number of hydrogen-bond acceptors (Lipinski definition) is 3. The van der Waals surface area contributed by atoms with Gasteiger partial charge in [-0.05, 0) is 43.4 Å². The van der Waals surface area contributed by atoms with Crippen LogP contribution in [0, 0.1) is 5.82 Å². The summed E-state index contributed by atoms with van der Waals surface area (Å²) in [5.41, 5.74) is -0.505. The number of rotatable bonds is 1. The smallest absolute Gasteiger partial charge is 0.156 e. The normalized spacial score (nSPS) is 36.9. The van der Waals surface area contributed by atoms with Crippen molar-refractivity contribution in [2.75, 3.05) is 0 Å². The van der Waals surface area contributed by atoms with Crippen molar-refractivity contribution in [3.05, 3.63) is 35.6 Å². The molecular formula is C14H17FO3S. The van der Waals surface area contributed by atoms with Gasteiger partial charge in [-0.15, -0.1) is 0 Å². The van der Waals surface area contributed by atoms with E-state index in [1.54, 1.807) is 12.1 Å². The molecule has 2 bridgehead atoms. The lowest BCUT2D eigenvalue weighted by molar-refractivity contribution is 0.00496. The molecule has 0 aliphatic carbocycles. The fourth-order valence-electron chi connectivity index (χ4n) is 3.44. The van der Waals surface area contributed by atoms with Crippen LogP contribution in [-0.2, 0) is 15.4 Å². The van der Waals surface area contributed by atoms with Crippen LogP contribution in [0.25, 0.3) is 0 Å². The Morgan fingerprint density at radius 3 is 2.16 bits per heavy atom. The topological polar surface area (TPSA) is 54.4 Å². The minimum atomic E-state index is -3.09. The highest BCUT2D eigenvalue weighted by molar-refractivity contribution is 7.92. The van der Waals surface area contributed by atoms with Crippen LogP contribution >= 0.6 is 0 Å². The summed E-state index contributed by atoms with van der Waals surface area (Å²) in [4.78, 5) is 0. The van der Waals surface area contributed by atoms with E-state index < -0.39 is 25.9 Å². The highest BCUT2D eigenvalue weighted by Gasteiger charge is 2.50. The second kappa shape index (κ2) is 4.28. The molecule has 2 aliphatic rings. The second-order valence-electron chi connectivity index (χ2n) is 5.71. The van der Waals surface area contributed by atoms with E-state index in [-0.39, 0.29) is 18.7 Å². The van der Waals surface area contributed by atoms with Gasteiger partial charge in [0.1, 0.15) is 5.82 Å². The van der Waals surface area contributed by atoms with Gasteiger partial charge in [-0.3, -0.25) is 0 Å². The Kier molecular flexibility index (Phi) is 2.94. The molecule has 3 nitrogen and oxygen atoms in total. The third kappa shape index (κ3) is 2.09. The maximum absolute atomic E-state index is 13.0. The lowest BCUT2D eigenvalue weighted by Crippen LogP contribution is -2.50. The van der Waals surface area contributed by atoms with Gasteiger partial charge < -0.3 is 5.11 Å². The van der Waals surface area contributed by atoms with E-state index in [0.29, 0.717) is 18.4 Å². The van der Waals surface area contributed by atoms with Crippen molar-refractivity contribution in [2.45, 2.75) is 48.2 Å². The van der Waals surface area contributed by atoms with E-state index in [9.17, 15) is 17.9 Å². The lowest BCUT2D eigenvalue weighted by Gasteiger charge is -2.44. The molecule has 1 aromatic rings. The molecule has 2 atom stereocenters. The molecule has 2 unspecified atom stereocenters. The average Bonchev–Trinajstić information content (AvgIpc) is 2.32. The van der Waals surface area contributed by atoms with Gasteiger partial charge in [0.25, 0.3) is 0 Å². The van der Waals surface area contributed by atoms with Crippen molar-refractivity contribution in [2.24, 2.45) is 0 Å². The average molecular weight is 284 g/mol. The van der Waals surface area contributed by atoms with Crippen LogP contribution in [0.5, 0.6) is 0 Å². The van der Waals surface area contributed by atoms with Crippen molar-refractivity contribution in [3.8, 4) is 0 Å². The van der Waals surface area contributed by atoms with E-state index in [0.717, 1.165) is 6.42 Å². The molecule has 2 heterocycles. The van der Waals surface area contributed by atoms with Gasteiger partial charge in [-0.25, -0.2) is 12.8 Å². The molecular weight excluding hydrogens is 267 g/mol. The van der Waals surface area contributed by atoms with Gasteiger partial charge in [0.15, 0.2) is 9.84 Å². The van der Waals surface area contributed by atoms with E-state index in [4.69, 9.17) is 0 Å². The summed E-state index contributed by atoms with van der Waals surface area (Å²) in [6, 6.07) is 5.74. The summed E-state index contributed by atoms with van der Waals surface area (Å²) in [5, 5.41) is 9.89. The van der Waals surface area contributed by atoms with Crippen molar-refractivity contribution < 1.29 is 17.9 Å². The molecule has 19 heavy (non-hydrogen) atoms. The van der Waals surface area contributed by atoms with Crippen LogP contribution in [-0.4, -0.2) is 24.0 Å². The minimum Gasteiger partial charge on any atom is -0.385 e. The zero-order valence-electron chi connectivity index (χ0n) is 10.5. The van der Waals surface area contributed by atoms with E-state index in [2.05, 4.69) is 0 Å². The van der Waals surface area contributed by atoms with Gasteiger partial charge in [-0.1, -0.05) is 18.6 Å². The summed E-state index contributed by atoms with van der Waals surface area (Å²) in [6.07, 6.45) is 2.63. The first-order chi connectivity index (χ1) is 8.92. The summed E-state index contributed by atoms with van der Waals surface area (Å²) >= 11 is 0. The molecule has 3 rings (SSSR count). The van der Waals surface area contributed by atoms with Crippen LogP contribution in [0.2, 0.25) is 0 Å². The highest BCUT2D eigenvalue weighted by atomic mass is 32.2. The molecule has 0 saturated carbocycles. The van der Waals surface area contributed by atoms with Gasteiger partial charge in [-0.2, -0.15) is 0 Å². The first-order valence-corrected chi connectivity index (χ1v) is 8.24. The van der Waals surface area contributed by atoms with Crippen molar-refractivity contribution in [1.29, 1.82) is 0 Å². The van der Waals surface area contributed by atoms with Crippen molar-refractivity contribution >= 4 is 9.84 Å². The van der Waals surface area contributed by atoms with Gasteiger partial charge >= 0.3 is 0 Å². The molecule has 0 radical (unpaired) electrons. The Morgan fingerprint density at radius 1 is 1.11 bits per heavy atom. The lowest BCUT2D eigenvalue weighted by atomic mass is 9.80. The van der Waals surface area contributed by atoms with E-state index >= 15 is 0 Å². The molecule has 1 aromatic carbocycles. The maximum Gasteiger partial charge on any atom is 0.156 e. The molecule has 5 heteroatoms. The molecule has 0 aromatic heterocycles. The Morgan fingerprint density at radius 2 is 1.63 bits per heavy atom. The number of sulfone groups is 1. The fourth-order valence-corrected chi connectivity index (χ4v) is 5.99. The zero-order valence-corrected chi connectivity index (χ0v) is 11.4. The zero-order chi connectivity index (χ0) is 13.7. The van der Waals surface area contributed by atoms with Gasteiger partial charge in [0.05, 0.1) is 16.1 Å². The largest absolute Gasteiger partial charge is 0.385 e. The van der Waals surface area contributed by atoms with Crippen molar-refractivity contribution in [3.63, 3.8) is 0 Å². The van der Waals surface area contributed by atoms with Crippen LogP contribution in [0.3, 0.4) is 0 Å². The minimum absolute atomic E-state index is 0.234. The molecule has 0 amide bonds. The Hall–Kier alpha value is -0.940. The van der Waals surface area contributed by atoms with E-state index in [1.165, 1.54) is 12.1 Å². The number of aliphatic hydroxyl groups is 1. The summed E-state index contributed by atoms with van der Waals surface area (Å²) in [6.45, 7) is 0. The Balaban J connectivity index is 1.97. The second-order valence-corrected chi connectivity index (χ2v) is 8.22. The standard InChI is InChI=1S/C14H17FO3S/c15-11-6-4-10(5-7-11)14(16)8-12-2-1-3-13(9-14)19(12,17)18/h4-7,12-13,16H,1-3,8-9H2. The van der Waals surface area contributed by atoms with E-state index in [1.807, 2.05) is 0 Å². The fraction of sp³-hybridized carbons (Fsp3) is 0.571. The summed E-state index contributed by atoms with van der Waals surface area (Å²) < 4.78 is 37.3. The van der Waals surface area contributed by atoms with Gasteiger partial charge in [0, 0.05) is 0 Å². The van der Waals surface area contributed by atoms with Crippen molar-refractivity contribution in [1.82, 2.24) is 0 Å². The molecule has 104 valence electrons. The third-order valence-corrected chi connectivity index (χ3v) is 7.16. The molecule has 0 spiro atoms. The third-order valence-electron chi connectivity index (χ3n) is 4.49. The first kappa shape index (κ1) is 13.1. The molecule has 2 aliphatic heterocycles. The number of fused-ring (bicyclic) bond motifs is 2. The summed E-state index contributed by atoms with van der Waals surface area (Å²) in [7, 11) is -3.09. The molecule has 2 fully saturated rings. The number of halogens is 1.